The maximum absolute atomic E-state index is 11.5. The van der Waals surface area contributed by atoms with Gasteiger partial charge in [-0.2, -0.15) is 0 Å². The van der Waals surface area contributed by atoms with Crippen molar-refractivity contribution in [1.29, 1.82) is 0 Å². The van der Waals surface area contributed by atoms with Crippen LogP contribution in [0.4, 0.5) is 0 Å². The van der Waals surface area contributed by atoms with Crippen LogP contribution in [0.1, 0.15) is 0 Å². The lowest BCUT2D eigenvalue weighted by Gasteiger charge is -2.10. The normalized spacial score (nSPS) is 10.8. The van der Waals surface area contributed by atoms with Crippen LogP contribution in [0.2, 0.25) is 0 Å². The van der Waals surface area contributed by atoms with E-state index in [0.29, 0.717) is 46.2 Å². The first-order valence-electron chi connectivity index (χ1n) is 7.99. The van der Waals surface area contributed by atoms with E-state index in [1.807, 2.05) is 19.0 Å². The molecule has 0 atom stereocenters. The van der Waals surface area contributed by atoms with Crippen LogP contribution in [-0.4, -0.2) is 104 Å². The van der Waals surface area contributed by atoms with Crippen LogP contribution in [-0.2, 0) is 28.5 Å². The highest BCUT2D eigenvalue weighted by molar-refractivity contribution is 5.77. The minimum atomic E-state index is -0.192. The predicted molar refractivity (Wildman–Crippen MR) is 88.9 cm³/mol. The van der Waals surface area contributed by atoms with E-state index in [9.17, 15) is 9.59 Å². The number of hydrogen-bond acceptors (Lipinski definition) is 7. The van der Waals surface area contributed by atoms with E-state index in [4.69, 9.17) is 18.9 Å². The van der Waals surface area contributed by atoms with Crippen LogP contribution < -0.4 is 10.6 Å². The monoisotopic (exact) mass is 349 g/mol. The van der Waals surface area contributed by atoms with Crippen LogP contribution in [0.5, 0.6) is 0 Å². The molecule has 0 rings (SSSR count). The number of hydrogen-bond donors (Lipinski definition) is 2. The van der Waals surface area contributed by atoms with Crippen molar-refractivity contribution in [3.05, 3.63) is 0 Å². The zero-order valence-corrected chi connectivity index (χ0v) is 15.0. The van der Waals surface area contributed by atoms with Crippen molar-refractivity contribution in [3.63, 3.8) is 0 Å². The number of amides is 2. The van der Waals surface area contributed by atoms with Crippen LogP contribution in [0, 0.1) is 0 Å². The van der Waals surface area contributed by atoms with Crippen molar-refractivity contribution in [2.75, 3.05) is 87.1 Å². The summed E-state index contributed by atoms with van der Waals surface area (Å²) in [6.07, 6.45) is 0. The number of likely N-dealkylation sites (N-methyl/N-ethyl adjacent to an activating group) is 2. The molecule has 0 heterocycles. The highest BCUT2D eigenvalue weighted by Crippen LogP contribution is 1.82. The van der Waals surface area contributed by atoms with Gasteiger partial charge in [-0.1, -0.05) is 0 Å². The van der Waals surface area contributed by atoms with E-state index in [1.165, 1.54) is 0 Å². The van der Waals surface area contributed by atoms with E-state index in [1.54, 1.807) is 7.05 Å². The van der Waals surface area contributed by atoms with Gasteiger partial charge in [0.15, 0.2) is 0 Å². The summed E-state index contributed by atoms with van der Waals surface area (Å²) in [4.78, 5) is 24.4. The number of rotatable bonds is 16. The van der Waals surface area contributed by atoms with Crippen molar-refractivity contribution in [3.8, 4) is 0 Å². The third-order valence-electron chi connectivity index (χ3n) is 2.74. The summed E-state index contributed by atoms with van der Waals surface area (Å²) in [5.74, 6) is -0.367. The molecule has 0 aromatic heterocycles. The fourth-order valence-corrected chi connectivity index (χ4v) is 1.40. The van der Waals surface area contributed by atoms with Crippen LogP contribution in [0.25, 0.3) is 0 Å². The number of carbonyl (C=O) groups is 2. The van der Waals surface area contributed by atoms with Crippen molar-refractivity contribution >= 4 is 11.8 Å². The van der Waals surface area contributed by atoms with E-state index in [2.05, 4.69) is 10.6 Å². The third kappa shape index (κ3) is 17.1. The minimum absolute atomic E-state index is 0.00623. The smallest absolute Gasteiger partial charge is 0.246 e. The molecular formula is C15H31N3O6. The zero-order valence-electron chi connectivity index (χ0n) is 15.0. The topological polar surface area (TPSA) is 98.4 Å². The maximum atomic E-state index is 11.5. The second-order valence-corrected chi connectivity index (χ2v) is 5.16. The number of nitrogens with zero attached hydrogens (tertiary/aromatic N) is 1. The molecule has 0 spiro atoms. The van der Waals surface area contributed by atoms with Gasteiger partial charge >= 0.3 is 0 Å². The molecule has 0 aromatic carbocycles. The van der Waals surface area contributed by atoms with Gasteiger partial charge in [-0.05, 0) is 14.1 Å². The van der Waals surface area contributed by atoms with E-state index in [-0.39, 0.29) is 25.0 Å². The molecule has 2 amide bonds. The van der Waals surface area contributed by atoms with E-state index >= 15 is 0 Å². The number of carbonyl (C=O) groups excluding carboxylic acids is 2. The van der Waals surface area contributed by atoms with Gasteiger partial charge in [0, 0.05) is 20.1 Å². The van der Waals surface area contributed by atoms with Crippen LogP contribution in [0.15, 0.2) is 0 Å². The number of ether oxygens (including phenoxy) is 4. The molecule has 9 heteroatoms. The summed E-state index contributed by atoms with van der Waals surface area (Å²) in [5.41, 5.74) is 0. The Kier molecular flexibility index (Phi) is 15.7. The van der Waals surface area contributed by atoms with Crippen molar-refractivity contribution < 1.29 is 28.5 Å². The van der Waals surface area contributed by atoms with Gasteiger partial charge in [0.1, 0.15) is 13.2 Å². The summed E-state index contributed by atoms with van der Waals surface area (Å²) in [6, 6.07) is 0. The Balaban J connectivity index is 3.22. The zero-order chi connectivity index (χ0) is 18.0. The SMILES string of the molecule is CNC(=O)COCCOCCNC(=O)COCCOCCN(C)C. The summed E-state index contributed by atoms with van der Waals surface area (Å²) < 4.78 is 20.8. The molecule has 142 valence electrons. The lowest BCUT2D eigenvalue weighted by molar-refractivity contribution is -0.127. The van der Waals surface area contributed by atoms with Gasteiger partial charge in [-0.3, -0.25) is 9.59 Å². The second kappa shape index (κ2) is 16.6. The Morgan fingerprint density at radius 3 is 1.92 bits per heavy atom. The lowest BCUT2D eigenvalue weighted by atomic mass is 10.5. The van der Waals surface area contributed by atoms with Crippen molar-refractivity contribution in [1.82, 2.24) is 15.5 Å². The van der Waals surface area contributed by atoms with Gasteiger partial charge in [0.25, 0.3) is 0 Å². The fourth-order valence-electron chi connectivity index (χ4n) is 1.40. The quantitative estimate of drug-likeness (QED) is 0.327. The molecule has 2 N–H and O–H groups in total. The number of nitrogens with one attached hydrogen (secondary N) is 2. The van der Waals surface area contributed by atoms with Gasteiger partial charge in [0.2, 0.25) is 11.8 Å². The van der Waals surface area contributed by atoms with Gasteiger partial charge in [-0.25, -0.2) is 0 Å². The van der Waals surface area contributed by atoms with Crippen LogP contribution >= 0.6 is 0 Å². The molecule has 0 aliphatic rings. The first-order valence-corrected chi connectivity index (χ1v) is 7.99. The van der Waals surface area contributed by atoms with Gasteiger partial charge in [0.05, 0.1) is 39.6 Å². The molecule has 0 aliphatic heterocycles. The lowest BCUT2D eigenvalue weighted by Crippen LogP contribution is -2.31. The van der Waals surface area contributed by atoms with E-state index in [0.717, 1.165) is 6.54 Å². The fraction of sp³-hybridized carbons (Fsp3) is 0.867. The Morgan fingerprint density at radius 2 is 1.33 bits per heavy atom. The average Bonchev–Trinajstić information content (AvgIpc) is 2.55. The largest absolute Gasteiger partial charge is 0.378 e. The maximum Gasteiger partial charge on any atom is 0.246 e. The van der Waals surface area contributed by atoms with E-state index < -0.39 is 0 Å². The van der Waals surface area contributed by atoms with Gasteiger partial charge < -0.3 is 34.5 Å². The highest BCUT2D eigenvalue weighted by atomic mass is 16.5. The molecular weight excluding hydrogens is 318 g/mol. The predicted octanol–water partition coefficient (Wildman–Crippen LogP) is -1.52. The standard InChI is InChI=1S/C15H31N3O6/c1-16-14(19)12-23-10-8-21-6-4-17-15(20)13-24-11-9-22-7-5-18(2)3/h4-13H2,1-3H3,(H,16,19)(H,17,20). The molecule has 9 nitrogen and oxygen atoms in total. The summed E-state index contributed by atoms with van der Waals surface area (Å²) in [6.45, 7) is 3.87. The first-order chi connectivity index (χ1) is 11.6. The molecule has 0 saturated heterocycles. The van der Waals surface area contributed by atoms with Gasteiger partial charge in [-0.15, -0.1) is 0 Å². The summed E-state index contributed by atoms with van der Waals surface area (Å²) >= 11 is 0. The molecule has 0 fully saturated rings. The minimum Gasteiger partial charge on any atom is -0.378 e. The Hall–Kier alpha value is -1.26. The summed E-state index contributed by atoms with van der Waals surface area (Å²) in [5, 5.41) is 5.13. The molecule has 0 aromatic rings. The van der Waals surface area contributed by atoms with Crippen molar-refractivity contribution in [2.24, 2.45) is 0 Å². The Labute approximate surface area is 143 Å². The molecule has 0 saturated carbocycles. The third-order valence-corrected chi connectivity index (χ3v) is 2.74. The average molecular weight is 349 g/mol. The van der Waals surface area contributed by atoms with Crippen molar-refractivity contribution in [2.45, 2.75) is 0 Å². The molecule has 24 heavy (non-hydrogen) atoms. The second-order valence-electron chi connectivity index (χ2n) is 5.16. The summed E-state index contributed by atoms with van der Waals surface area (Å²) in [7, 11) is 5.50. The molecule has 0 unspecified atom stereocenters. The van der Waals surface area contributed by atoms with Crippen LogP contribution in [0.3, 0.4) is 0 Å². The Morgan fingerprint density at radius 1 is 0.792 bits per heavy atom. The first kappa shape index (κ1) is 22.7. The molecule has 0 bridgehead atoms. The molecule has 0 radical (unpaired) electrons. The Bertz CT molecular complexity index is 328. The molecule has 0 aliphatic carbocycles. The highest BCUT2D eigenvalue weighted by Gasteiger charge is 2.01.